The van der Waals surface area contributed by atoms with E-state index in [-0.39, 0.29) is 27.8 Å². The molecule has 15 heteroatoms. The maximum Gasteiger partial charge on any atom is 0.430 e. The van der Waals surface area contributed by atoms with E-state index in [1.54, 1.807) is 0 Å². The number of benzene rings is 3. The van der Waals surface area contributed by atoms with Crippen molar-refractivity contribution >= 4 is 25.5 Å². The lowest BCUT2D eigenvalue weighted by Gasteiger charge is -2.32. The third-order valence-electron chi connectivity index (χ3n) is 5.38. The van der Waals surface area contributed by atoms with Gasteiger partial charge in [0.1, 0.15) is 5.82 Å². The van der Waals surface area contributed by atoms with Gasteiger partial charge in [0, 0.05) is 23.1 Å². The second-order valence-corrected chi connectivity index (χ2v) is 12.0. The number of sulfonamides is 1. The maximum atomic E-state index is 14.6. The van der Waals surface area contributed by atoms with E-state index in [2.05, 4.69) is 4.72 Å². The lowest BCUT2D eigenvalue weighted by atomic mass is 9.90. The molecule has 0 atom stereocenters. The monoisotopic (exact) mass is 585 g/mol. The fourth-order valence-electron chi connectivity index (χ4n) is 3.45. The average Bonchev–Trinajstić information content (AvgIpc) is 2.77. The van der Waals surface area contributed by atoms with Gasteiger partial charge in [0.15, 0.2) is 9.84 Å². The molecule has 3 rings (SSSR count). The van der Waals surface area contributed by atoms with E-state index in [9.17, 15) is 52.7 Å². The Morgan fingerprint density at radius 1 is 0.789 bits per heavy atom. The van der Waals surface area contributed by atoms with Gasteiger partial charge < -0.3 is 5.11 Å². The first-order chi connectivity index (χ1) is 17.2. The zero-order chi connectivity index (χ0) is 28.7. The summed E-state index contributed by atoms with van der Waals surface area (Å²) < 4.78 is 143. The van der Waals surface area contributed by atoms with Crippen LogP contribution in [-0.2, 0) is 31.2 Å². The lowest BCUT2D eigenvalue weighted by molar-refractivity contribution is -0.376. The number of sulfone groups is 1. The number of halogens is 7. The van der Waals surface area contributed by atoms with Crippen LogP contribution < -0.4 is 4.72 Å². The Labute approximate surface area is 212 Å². The van der Waals surface area contributed by atoms with E-state index in [0.717, 1.165) is 6.26 Å². The molecule has 6 nitrogen and oxygen atoms in total. The minimum Gasteiger partial charge on any atom is -0.369 e. The van der Waals surface area contributed by atoms with E-state index >= 15 is 0 Å². The van der Waals surface area contributed by atoms with Gasteiger partial charge in [0.2, 0.25) is 10.0 Å². The molecule has 0 radical (unpaired) electrons. The van der Waals surface area contributed by atoms with Crippen LogP contribution in [-0.4, -0.2) is 40.6 Å². The number of aliphatic hydroxyl groups is 1. The van der Waals surface area contributed by atoms with E-state index in [4.69, 9.17) is 0 Å². The van der Waals surface area contributed by atoms with Gasteiger partial charge in [-0.2, -0.15) is 26.3 Å². The van der Waals surface area contributed by atoms with E-state index in [1.807, 2.05) is 0 Å². The first-order valence-corrected chi connectivity index (χ1v) is 13.8. The van der Waals surface area contributed by atoms with Gasteiger partial charge in [0.05, 0.1) is 10.6 Å². The predicted octanol–water partition coefficient (Wildman–Crippen LogP) is 5.15. The number of anilines is 1. The van der Waals surface area contributed by atoms with Crippen LogP contribution in [0.1, 0.15) is 11.1 Å². The van der Waals surface area contributed by atoms with Crippen molar-refractivity contribution in [2.75, 3.05) is 11.0 Å². The van der Waals surface area contributed by atoms with Crippen LogP contribution in [0, 0.1) is 5.82 Å². The van der Waals surface area contributed by atoms with Crippen molar-refractivity contribution in [3.63, 3.8) is 0 Å². The molecule has 0 fully saturated rings. The normalized spacial score (nSPS) is 13.4. The average molecular weight is 586 g/mol. The smallest absolute Gasteiger partial charge is 0.369 e. The first-order valence-electron chi connectivity index (χ1n) is 10.3. The summed E-state index contributed by atoms with van der Waals surface area (Å²) in [6, 6.07) is 10.7. The molecule has 0 aromatic heterocycles. The Balaban J connectivity index is 1.81. The number of alkyl halides is 6. The highest BCUT2D eigenvalue weighted by Gasteiger charge is 2.71. The molecule has 3 aromatic rings. The molecule has 206 valence electrons. The molecule has 0 aliphatic rings. The molecule has 0 bridgehead atoms. The highest BCUT2D eigenvalue weighted by atomic mass is 32.2. The van der Waals surface area contributed by atoms with E-state index in [0.29, 0.717) is 12.1 Å². The predicted molar refractivity (Wildman–Crippen MR) is 124 cm³/mol. The Morgan fingerprint density at radius 3 is 1.76 bits per heavy atom. The van der Waals surface area contributed by atoms with Crippen molar-refractivity contribution in [2.24, 2.45) is 0 Å². The Kier molecular flexibility index (Phi) is 7.62. The van der Waals surface area contributed by atoms with Crippen molar-refractivity contribution in [1.82, 2.24) is 0 Å². The van der Waals surface area contributed by atoms with Gasteiger partial charge >= 0.3 is 12.4 Å². The standard InChI is InChI=1S/C23H18F7NO5S2/c1-37(33,34)18-9-2-14(3-10-18)13-38(35,36)31-17-7-4-15(5-8-17)19-11-6-16(12-20(19)24)21(32,22(25,26)27)23(28,29)30/h2-12,31-32H,13H2,1H3. The second kappa shape index (κ2) is 9.85. The van der Waals surface area contributed by atoms with Crippen molar-refractivity contribution in [1.29, 1.82) is 0 Å². The molecule has 2 N–H and O–H groups in total. The summed E-state index contributed by atoms with van der Waals surface area (Å²) in [5.41, 5.74) is -7.15. The van der Waals surface area contributed by atoms with Crippen LogP contribution in [0.2, 0.25) is 0 Å². The summed E-state index contributed by atoms with van der Waals surface area (Å²) in [5.74, 6) is -2.00. The molecule has 38 heavy (non-hydrogen) atoms. The van der Waals surface area contributed by atoms with E-state index < -0.39 is 60.5 Å². The zero-order valence-electron chi connectivity index (χ0n) is 19.1. The van der Waals surface area contributed by atoms with Crippen LogP contribution >= 0.6 is 0 Å². The molecule has 0 saturated heterocycles. The molecule has 0 aliphatic carbocycles. The Bertz CT molecular complexity index is 1520. The lowest BCUT2D eigenvalue weighted by Crippen LogP contribution is -2.53. The van der Waals surface area contributed by atoms with E-state index in [1.165, 1.54) is 48.5 Å². The van der Waals surface area contributed by atoms with Crippen molar-refractivity contribution < 1.29 is 52.7 Å². The van der Waals surface area contributed by atoms with Gasteiger partial charge in [-0.25, -0.2) is 21.2 Å². The third-order valence-corrected chi connectivity index (χ3v) is 7.77. The highest BCUT2D eigenvalue weighted by Crippen LogP contribution is 2.50. The van der Waals surface area contributed by atoms with Gasteiger partial charge in [-0.15, -0.1) is 0 Å². The molecule has 3 aromatic carbocycles. The molecular weight excluding hydrogens is 567 g/mol. The quantitative estimate of drug-likeness (QED) is 0.374. The molecule has 0 spiro atoms. The summed E-state index contributed by atoms with van der Waals surface area (Å²) in [7, 11) is -7.46. The highest BCUT2D eigenvalue weighted by molar-refractivity contribution is 7.92. The van der Waals surface area contributed by atoms with Crippen LogP contribution in [0.4, 0.5) is 36.4 Å². The van der Waals surface area contributed by atoms with Crippen molar-refractivity contribution in [2.45, 2.75) is 28.6 Å². The number of rotatable bonds is 7. The molecule has 0 saturated carbocycles. The summed E-state index contributed by atoms with van der Waals surface area (Å²) in [5, 5.41) is 9.43. The fourth-order valence-corrected chi connectivity index (χ4v) is 5.28. The Hall–Kier alpha value is -3.17. The molecule has 0 amide bonds. The van der Waals surface area contributed by atoms with Crippen LogP contribution in [0.15, 0.2) is 71.6 Å². The molecule has 0 aliphatic heterocycles. The third kappa shape index (κ3) is 6.10. The number of hydrogen-bond donors (Lipinski definition) is 2. The van der Waals surface area contributed by atoms with Crippen LogP contribution in [0.3, 0.4) is 0 Å². The van der Waals surface area contributed by atoms with Gasteiger partial charge in [0.25, 0.3) is 5.60 Å². The minimum atomic E-state index is -6.17. The molecular formula is C23H18F7NO5S2. The minimum absolute atomic E-state index is 0.00366. The molecule has 0 heterocycles. The first kappa shape index (κ1) is 29.4. The largest absolute Gasteiger partial charge is 0.430 e. The van der Waals surface area contributed by atoms with Crippen molar-refractivity contribution in [3.05, 3.63) is 83.7 Å². The summed E-state index contributed by atoms with van der Waals surface area (Å²) in [4.78, 5) is 0.00366. The number of nitrogens with one attached hydrogen (secondary N) is 1. The summed E-state index contributed by atoms with van der Waals surface area (Å²) >= 11 is 0. The fraction of sp³-hybridized carbons (Fsp3) is 0.217. The SMILES string of the molecule is CS(=O)(=O)c1ccc(CS(=O)(=O)Nc2ccc(-c3ccc(C(O)(C(F)(F)F)C(F)(F)F)cc3F)cc2)cc1. The van der Waals surface area contributed by atoms with Crippen LogP contribution in [0.25, 0.3) is 11.1 Å². The topological polar surface area (TPSA) is 101 Å². The van der Waals surface area contributed by atoms with Gasteiger partial charge in [-0.3, -0.25) is 4.72 Å². The Morgan fingerprint density at radius 2 is 1.32 bits per heavy atom. The number of hydrogen-bond acceptors (Lipinski definition) is 5. The summed E-state index contributed by atoms with van der Waals surface area (Å²) in [6.07, 6.45) is -11.4. The second-order valence-electron chi connectivity index (χ2n) is 8.26. The summed E-state index contributed by atoms with van der Waals surface area (Å²) in [6.45, 7) is 0. The van der Waals surface area contributed by atoms with Gasteiger partial charge in [-0.05, 0) is 41.5 Å². The zero-order valence-corrected chi connectivity index (χ0v) is 20.7. The van der Waals surface area contributed by atoms with Crippen LogP contribution in [0.5, 0.6) is 0 Å². The maximum absolute atomic E-state index is 14.6. The van der Waals surface area contributed by atoms with Gasteiger partial charge in [-0.1, -0.05) is 36.4 Å². The molecule has 0 unspecified atom stereocenters. The van der Waals surface area contributed by atoms with Crippen molar-refractivity contribution in [3.8, 4) is 11.1 Å².